The van der Waals surface area contributed by atoms with Crippen LogP contribution >= 0.6 is 0 Å². The molecule has 0 bridgehead atoms. The minimum atomic E-state index is -0.875. The second-order valence-corrected chi connectivity index (χ2v) is 3.33. The molecule has 0 radical (unpaired) electrons. The van der Waals surface area contributed by atoms with Gasteiger partial charge < -0.3 is 0 Å². The molecular weight excluding hydrogens is 238 g/mol. The van der Waals surface area contributed by atoms with Crippen LogP contribution in [0.4, 0.5) is 8.78 Å². The molecule has 0 amide bonds. The Morgan fingerprint density at radius 1 is 0.944 bits per heavy atom. The molecular formula is C12H4F2N4. The molecule has 0 aliphatic rings. The lowest BCUT2D eigenvalue weighted by Gasteiger charge is -2.04. The summed E-state index contributed by atoms with van der Waals surface area (Å²) in [6.07, 6.45) is 2.30. The normalized spacial score (nSPS) is 9.56. The molecule has 0 unspecified atom stereocenters. The van der Waals surface area contributed by atoms with E-state index >= 15 is 0 Å². The maximum Gasteiger partial charge on any atom is 0.232 e. The first-order valence-corrected chi connectivity index (χ1v) is 4.77. The third-order valence-corrected chi connectivity index (χ3v) is 2.21. The van der Waals surface area contributed by atoms with Crippen LogP contribution in [0.15, 0.2) is 24.5 Å². The van der Waals surface area contributed by atoms with Gasteiger partial charge in [0.2, 0.25) is 5.82 Å². The largest absolute Gasteiger partial charge is 0.232 e. The summed E-state index contributed by atoms with van der Waals surface area (Å²) in [6, 6.07) is 5.21. The summed E-state index contributed by atoms with van der Waals surface area (Å²) in [5, 5.41) is 17.1. The Balaban J connectivity index is 2.58. The van der Waals surface area contributed by atoms with Crippen molar-refractivity contribution in [3.05, 3.63) is 47.5 Å². The molecule has 0 fully saturated rings. The van der Waals surface area contributed by atoms with Gasteiger partial charge in [0.05, 0.1) is 17.2 Å². The van der Waals surface area contributed by atoms with Gasteiger partial charge in [-0.05, 0) is 12.1 Å². The molecule has 1 heterocycles. The third kappa shape index (κ3) is 2.00. The van der Waals surface area contributed by atoms with Crippen molar-refractivity contribution < 1.29 is 8.78 Å². The minimum Gasteiger partial charge on any atom is -0.227 e. The van der Waals surface area contributed by atoms with E-state index in [9.17, 15) is 8.78 Å². The molecule has 18 heavy (non-hydrogen) atoms. The highest BCUT2D eigenvalue weighted by Crippen LogP contribution is 2.25. The van der Waals surface area contributed by atoms with Crippen LogP contribution in [0, 0.1) is 34.3 Å². The average molecular weight is 242 g/mol. The van der Waals surface area contributed by atoms with E-state index in [4.69, 9.17) is 10.5 Å². The maximum atomic E-state index is 13.7. The van der Waals surface area contributed by atoms with Gasteiger partial charge in [-0.15, -0.1) is 0 Å². The molecule has 0 atom stereocenters. The van der Waals surface area contributed by atoms with Gasteiger partial charge in [0.15, 0.2) is 0 Å². The zero-order valence-corrected chi connectivity index (χ0v) is 8.85. The second-order valence-electron chi connectivity index (χ2n) is 3.33. The molecule has 0 aliphatic heterocycles. The van der Waals surface area contributed by atoms with Crippen molar-refractivity contribution in [1.82, 2.24) is 9.97 Å². The quantitative estimate of drug-likeness (QED) is 0.768. The van der Waals surface area contributed by atoms with Gasteiger partial charge in [-0.2, -0.15) is 10.5 Å². The van der Waals surface area contributed by atoms with E-state index in [0.29, 0.717) is 0 Å². The molecule has 86 valence electrons. The van der Waals surface area contributed by atoms with Gasteiger partial charge >= 0.3 is 0 Å². The standard InChI is InChI=1S/C12H4F2N4/c13-9-1-7(3-15)2-10(14)12(9)8-5-17-11(4-16)18-6-8/h1-2,5-6H. The van der Waals surface area contributed by atoms with Crippen LogP contribution in [-0.4, -0.2) is 9.97 Å². The average Bonchev–Trinajstić information content (AvgIpc) is 2.38. The molecule has 1 aromatic heterocycles. The van der Waals surface area contributed by atoms with Crippen molar-refractivity contribution >= 4 is 0 Å². The van der Waals surface area contributed by atoms with E-state index in [1.807, 2.05) is 0 Å². The van der Waals surface area contributed by atoms with Crippen molar-refractivity contribution in [2.75, 3.05) is 0 Å². The molecule has 0 saturated carbocycles. The summed E-state index contributed by atoms with van der Waals surface area (Å²) < 4.78 is 27.3. The molecule has 2 aromatic rings. The van der Waals surface area contributed by atoms with E-state index in [0.717, 1.165) is 24.5 Å². The SMILES string of the molecule is N#Cc1cc(F)c(-c2cnc(C#N)nc2)c(F)c1. The summed E-state index contributed by atoms with van der Waals surface area (Å²) in [7, 11) is 0. The van der Waals surface area contributed by atoms with Gasteiger partial charge in [0.1, 0.15) is 17.7 Å². The predicted molar refractivity (Wildman–Crippen MR) is 56.8 cm³/mol. The van der Waals surface area contributed by atoms with Crippen LogP contribution < -0.4 is 0 Å². The molecule has 0 saturated heterocycles. The van der Waals surface area contributed by atoms with E-state index in [2.05, 4.69) is 9.97 Å². The van der Waals surface area contributed by atoms with Crippen molar-refractivity contribution in [2.24, 2.45) is 0 Å². The Kier molecular flexibility index (Phi) is 2.94. The van der Waals surface area contributed by atoms with Crippen molar-refractivity contribution in [3.63, 3.8) is 0 Å². The summed E-state index contributed by atoms with van der Waals surface area (Å²) in [4.78, 5) is 7.26. The number of rotatable bonds is 1. The van der Waals surface area contributed by atoms with Crippen LogP contribution in [0.2, 0.25) is 0 Å². The Morgan fingerprint density at radius 2 is 1.50 bits per heavy atom. The predicted octanol–water partition coefficient (Wildman–Crippen LogP) is 2.17. The molecule has 2 rings (SSSR count). The number of hydrogen-bond donors (Lipinski definition) is 0. The summed E-state index contributed by atoms with van der Waals surface area (Å²) >= 11 is 0. The summed E-state index contributed by atoms with van der Waals surface area (Å²) in [5.41, 5.74) is -0.324. The number of hydrogen-bond acceptors (Lipinski definition) is 4. The molecule has 0 aliphatic carbocycles. The Labute approximate surface area is 101 Å². The zero-order chi connectivity index (χ0) is 13.1. The first-order chi connectivity index (χ1) is 8.65. The fourth-order valence-electron chi connectivity index (χ4n) is 1.43. The van der Waals surface area contributed by atoms with Gasteiger partial charge in [-0.1, -0.05) is 0 Å². The van der Waals surface area contributed by atoms with Gasteiger partial charge in [0.25, 0.3) is 0 Å². The van der Waals surface area contributed by atoms with Crippen LogP contribution in [-0.2, 0) is 0 Å². The topological polar surface area (TPSA) is 73.4 Å². The highest BCUT2D eigenvalue weighted by molar-refractivity contribution is 5.64. The minimum absolute atomic E-state index is 0.0896. The van der Waals surface area contributed by atoms with Crippen molar-refractivity contribution in [3.8, 4) is 23.3 Å². The molecule has 0 spiro atoms. The lowest BCUT2D eigenvalue weighted by molar-refractivity contribution is 0.588. The maximum absolute atomic E-state index is 13.7. The molecule has 6 heteroatoms. The Hall–Kier alpha value is -2.86. The molecule has 1 aromatic carbocycles. The lowest BCUT2D eigenvalue weighted by atomic mass is 10.1. The van der Waals surface area contributed by atoms with Crippen molar-refractivity contribution in [1.29, 1.82) is 10.5 Å². The zero-order valence-electron chi connectivity index (χ0n) is 8.85. The van der Waals surface area contributed by atoms with E-state index < -0.39 is 11.6 Å². The molecule has 0 N–H and O–H groups in total. The first kappa shape index (κ1) is 11.6. The van der Waals surface area contributed by atoms with Gasteiger partial charge in [0, 0.05) is 18.0 Å². The smallest absolute Gasteiger partial charge is 0.227 e. The lowest BCUT2D eigenvalue weighted by Crippen LogP contribution is -1.95. The third-order valence-electron chi connectivity index (χ3n) is 2.21. The van der Waals surface area contributed by atoms with E-state index in [1.54, 1.807) is 12.1 Å². The fraction of sp³-hybridized carbons (Fsp3) is 0. The van der Waals surface area contributed by atoms with Gasteiger partial charge in [-0.25, -0.2) is 18.7 Å². The van der Waals surface area contributed by atoms with Gasteiger partial charge in [-0.3, -0.25) is 0 Å². The first-order valence-electron chi connectivity index (χ1n) is 4.77. The van der Waals surface area contributed by atoms with Crippen LogP contribution in [0.5, 0.6) is 0 Å². The van der Waals surface area contributed by atoms with Crippen molar-refractivity contribution in [2.45, 2.75) is 0 Å². The monoisotopic (exact) mass is 242 g/mol. The number of nitriles is 2. The Morgan fingerprint density at radius 3 is 1.94 bits per heavy atom. The van der Waals surface area contributed by atoms with Crippen LogP contribution in [0.3, 0.4) is 0 Å². The highest BCUT2D eigenvalue weighted by atomic mass is 19.1. The summed E-state index contributed by atoms with van der Waals surface area (Å²) in [5.74, 6) is -1.84. The number of halogens is 2. The van der Waals surface area contributed by atoms with Crippen LogP contribution in [0.1, 0.15) is 11.4 Å². The molecule has 4 nitrogen and oxygen atoms in total. The fourth-order valence-corrected chi connectivity index (χ4v) is 1.43. The Bertz CT molecular complexity index is 658. The van der Waals surface area contributed by atoms with E-state index in [-0.39, 0.29) is 22.5 Å². The summed E-state index contributed by atoms with van der Waals surface area (Å²) in [6.45, 7) is 0. The second kappa shape index (κ2) is 4.56. The number of nitrogens with zero attached hydrogens (tertiary/aromatic N) is 4. The van der Waals surface area contributed by atoms with Crippen LogP contribution in [0.25, 0.3) is 11.1 Å². The highest BCUT2D eigenvalue weighted by Gasteiger charge is 2.14. The number of benzene rings is 1. The van der Waals surface area contributed by atoms with E-state index in [1.165, 1.54) is 0 Å². The number of aromatic nitrogens is 2.